The number of nitrogens with one attached hydrogen (secondary N) is 2. The fraction of sp³-hybridized carbons (Fsp3) is 0.474. The summed E-state index contributed by atoms with van der Waals surface area (Å²) in [5, 5.41) is 10.8. The number of halogens is 1. The van der Waals surface area contributed by atoms with Crippen molar-refractivity contribution in [3.8, 4) is 0 Å². The van der Waals surface area contributed by atoms with E-state index in [1.54, 1.807) is 18.4 Å². The van der Waals surface area contributed by atoms with E-state index in [9.17, 15) is 0 Å². The Labute approximate surface area is 164 Å². The van der Waals surface area contributed by atoms with Gasteiger partial charge >= 0.3 is 0 Å². The zero-order chi connectivity index (χ0) is 18.2. The molecule has 140 valence electrons. The number of thiazole rings is 1. The summed E-state index contributed by atoms with van der Waals surface area (Å²) in [6, 6.07) is 7.94. The summed E-state index contributed by atoms with van der Waals surface area (Å²) in [6.07, 6.45) is 4.33. The highest BCUT2D eigenvalue weighted by atomic mass is 35.5. The number of rotatable bonds is 7. The molecule has 2 heterocycles. The first-order valence-electron chi connectivity index (χ1n) is 9.13. The lowest BCUT2D eigenvalue weighted by atomic mass is 10.1. The predicted molar refractivity (Wildman–Crippen MR) is 112 cm³/mol. The molecule has 1 saturated heterocycles. The van der Waals surface area contributed by atoms with E-state index in [1.807, 2.05) is 18.2 Å². The first kappa shape index (κ1) is 19.0. The normalized spacial score (nSPS) is 14.7. The zero-order valence-corrected chi connectivity index (χ0v) is 16.7. The molecule has 0 unspecified atom stereocenters. The molecule has 0 radical (unpaired) electrons. The van der Waals surface area contributed by atoms with Crippen molar-refractivity contribution in [2.75, 3.05) is 38.1 Å². The van der Waals surface area contributed by atoms with E-state index < -0.39 is 0 Å². The van der Waals surface area contributed by atoms with E-state index in [0.29, 0.717) is 0 Å². The van der Waals surface area contributed by atoms with Crippen molar-refractivity contribution >= 4 is 34.0 Å². The molecule has 0 amide bonds. The van der Waals surface area contributed by atoms with Crippen molar-refractivity contribution in [2.45, 2.75) is 25.7 Å². The summed E-state index contributed by atoms with van der Waals surface area (Å²) in [5.41, 5.74) is 2.30. The summed E-state index contributed by atoms with van der Waals surface area (Å²) in [5.74, 6) is 0.812. The van der Waals surface area contributed by atoms with Crippen LogP contribution in [0, 0.1) is 0 Å². The van der Waals surface area contributed by atoms with Gasteiger partial charge in [-0.1, -0.05) is 29.8 Å². The fourth-order valence-corrected chi connectivity index (χ4v) is 4.15. The van der Waals surface area contributed by atoms with Gasteiger partial charge < -0.3 is 15.5 Å². The van der Waals surface area contributed by atoms with Crippen LogP contribution in [0.25, 0.3) is 0 Å². The molecule has 5 nitrogen and oxygen atoms in total. The summed E-state index contributed by atoms with van der Waals surface area (Å²) in [4.78, 5) is 11.4. The van der Waals surface area contributed by atoms with Crippen LogP contribution in [0.1, 0.15) is 24.1 Å². The molecule has 26 heavy (non-hydrogen) atoms. The van der Waals surface area contributed by atoms with Crippen LogP contribution in [0.5, 0.6) is 0 Å². The lowest BCUT2D eigenvalue weighted by molar-refractivity contribution is 0.777. The maximum Gasteiger partial charge on any atom is 0.190 e. The van der Waals surface area contributed by atoms with Gasteiger partial charge in [-0.25, -0.2) is 4.98 Å². The molecule has 0 aliphatic carbocycles. The molecule has 1 aliphatic heterocycles. The van der Waals surface area contributed by atoms with Gasteiger partial charge in [0.25, 0.3) is 0 Å². The van der Waals surface area contributed by atoms with E-state index in [0.717, 1.165) is 61.3 Å². The second-order valence-corrected chi connectivity index (χ2v) is 7.58. The molecule has 1 aliphatic rings. The second kappa shape index (κ2) is 9.78. The van der Waals surface area contributed by atoms with Crippen LogP contribution in [0.15, 0.2) is 34.6 Å². The van der Waals surface area contributed by atoms with Gasteiger partial charge in [-0.2, -0.15) is 0 Å². The van der Waals surface area contributed by atoms with Gasteiger partial charge in [0.2, 0.25) is 0 Å². The average molecular weight is 392 g/mol. The maximum atomic E-state index is 6.19. The standard InChI is InChI=1S/C19H26ClN5S/c1-21-18(22-10-8-15-6-2-3-7-17(15)20)23-11-9-16-14-26-19(24-16)25-12-4-5-13-25/h2-3,6-7,14H,4-5,8-13H2,1H3,(H2,21,22,23). The average Bonchev–Trinajstić information content (AvgIpc) is 3.33. The first-order chi connectivity index (χ1) is 12.8. The van der Waals surface area contributed by atoms with Gasteiger partial charge in [0.1, 0.15) is 0 Å². The monoisotopic (exact) mass is 391 g/mol. The van der Waals surface area contributed by atoms with E-state index in [4.69, 9.17) is 16.6 Å². The predicted octanol–water partition coefficient (Wildman–Crippen LogP) is 3.35. The van der Waals surface area contributed by atoms with Crippen LogP contribution in [-0.2, 0) is 12.8 Å². The third kappa shape index (κ3) is 5.35. The number of guanidine groups is 1. The van der Waals surface area contributed by atoms with Crippen molar-refractivity contribution < 1.29 is 0 Å². The van der Waals surface area contributed by atoms with Gasteiger partial charge in [-0.05, 0) is 30.9 Å². The number of nitrogens with zero attached hydrogens (tertiary/aromatic N) is 3. The van der Waals surface area contributed by atoms with Crippen LogP contribution < -0.4 is 15.5 Å². The summed E-state index contributed by atoms with van der Waals surface area (Å²) >= 11 is 7.94. The number of aromatic nitrogens is 1. The molecular weight excluding hydrogens is 366 g/mol. The third-order valence-corrected chi connectivity index (χ3v) is 5.78. The highest BCUT2D eigenvalue weighted by Gasteiger charge is 2.15. The van der Waals surface area contributed by atoms with Crippen molar-refractivity contribution in [3.05, 3.63) is 45.9 Å². The van der Waals surface area contributed by atoms with Gasteiger partial charge in [0.15, 0.2) is 11.1 Å². The highest BCUT2D eigenvalue weighted by molar-refractivity contribution is 7.13. The van der Waals surface area contributed by atoms with Crippen molar-refractivity contribution in [2.24, 2.45) is 4.99 Å². The Kier molecular flexibility index (Phi) is 7.14. The van der Waals surface area contributed by atoms with Crippen LogP contribution in [0.4, 0.5) is 5.13 Å². The molecular formula is C19H26ClN5S. The SMILES string of the molecule is CN=C(NCCc1csc(N2CCCC2)n1)NCCc1ccccc1Cl. The van der Waals surface area contributed by atoms with E-state index in [1.165, 1.54) is 18.0 Å². The van der Waals surface area contributed by atoms with E-state index >= 15 is 0 Å². The smallest absolute Gasteiger partial charge is 0.190 e. The molecule has 0 atom stereocenters. The molecule has 0 spiro atoms. The molecule has 1 aromatic heterocycles. The topological polar surface area (TPSA) is 52.6 Å². The Bertz CT molecular complexity index is 724. The molecule has 2 aromatic rings. The van der Waals surface area contributed by atoms with Gasteiger partial charge in [0, 0.05) is 50.1 Å². The van der Waals surface area contributed by atoms with Gasteiger partial charge in [-0.15, -0.1) is 11.3 Å². The Morgan fingerprint density at radius 3 is 2.65 bits per heavy atom. The number of hydrogen-bond acceptors (Lipinski definition) is 4. The van der Waals surface area contributed by atoms with Gasteiger partial charge in [0.05, 0.1) is 5.69 Å². The summed E-state index contributed by atoms with van der Waals surface area (Å²) < 4.78 is 0. The lowest BCUT2D eigenvalue weighted by Crippen LogP contribution is -2.39. The number of hydrogen-bond donors (Lipinski definition) is 2. The van der Waals surface area contributed by atoms with Gasteiger partial charge in [-0.3, -0.25) is 4.99 Å². The van der Waals surface area contributed by atoms with Crippen LogP contribution >= 0.6 is 22.9 Å². The highest BCUT2D eigenvalue weighted by Crippen LogP contribution is 2.24. The van der Waals surface area contributed by atoms with E-state index in [-0.39, 0.29) is 0 Å². The Balaban J connectivity index is 1.38. The minimum Gasteiger partial charge on any atom is -0.356 e. The Morgan fingerprint density at radius 1 is 1.19 bits per heavy atom. The molecule has 1 fully saturated rings. The largest absolute Gasteiger partial charge is 0.356 e. The van der Waals surface area contributed by atoms with Crippen LogP contribution in [-0.4, -0.2) is 44.2 Å². The van der Waals surface area contributed by atoms with E-state index in [2.05, 4.69) is 32.0 Å². The Hall–Kier alpha value is -1.79. The minimum atomic E-state index is 0.791. The lowest BCUT2D eigenvalue weighted by Gasteiger charge is -2.13. The zero-order valence-electron chi connectivity index (χ0n) is 15.2. The minimum absolute atomic E-state index is 0.791. The number of benzene rings is 1. The molecule has 7 heteroatoms. The first-order valence-corrected chi connectivity index (χ1v) is 10.4. The molecule has 2 N–H and O–H groups in total. The quantitative estimate of drug-likeness (QED) is 0.561. The summed E-state index contributed by atoms with van der Waals surface area (Å²) in [7, 11) is 1.79. The third-order valence-electron chi connectivity index (χ3n) is 4.46. The fourth-order valence-electron chi connectivity index (χ4n) is 3.01. The maximum absolute atomic E-state index is 6.19. The molecule has 3 rings (SSSR count). The molecule has 1 aromatic carbocycles. The van der Waals surface area contributed by atoms with Crippen molar-refractivity contribution in [1.29, 1.82) is 0 Å². The molecule has 0 bridgehead atoms. The van der Waals surface area contributed by atoms with Crippen molar-refractivity contribution in [1.82, 2.24) is 15.6 Å². The number of anilines is 1. The molecule has 0 saturated carbocycles. The number of aliphatic imine (C=N–C) groups is 1. The second-order valence-electron chi connectivity index (χ2n) is 6.33. The summed E-state index contributed by atoms with van der Waals surface area (Å²) in [6.45, 7) is 3.90. The van der Waals surface area contributed by atoms with Crippen LogP contribution in [0.2, 0.25) is 5.02 Å². The van der Waals surface area contributed by atoms with Crippen molar-refractivity contribution in [3.63, 3.8) is 0 Å². The van der Waals surface area contributed by atoms with Crippen LogP contribution in [0.3, 0.4) is 0 Å². The Morgan fingerprint density at radius 2 is 1.92 bits per heavy atom.